The van der Waals surface area contributed by atoms with Crippen LogP contribution in [0.15, 0.2) is 78.9 Å². The summed E-state index contributed by atoms with van der Waals surface area (Å²) in [6, 6.07) is 19.7. The largest absolute Gasteiger partial charge is 0.489 e. The van der Waals surface area contributed by atoms with E-state index in [0.717, 1.165) is 35.1 Å². The fourth-order valence-corrected chi connectivity index (χ4v) is 5.93. The number of imide groups is 2. The highest BCUT2D eigenvalue weighted by atomic mass is 16.6. The summed E-state index contributed by atoms with van der Waals surface area (Å²) in [5, 5.41) is 17.1. The maximum absolute atomic E-state index is 13.8. The predicted molar refractivity (Wildman–Crippen MR) is 229 cm³/mol. The molecule has 332 valence electrons. The van der Waals surface area contributed by atoms with E-state index in [1.807, 2.05) is 85.8 Å². The van der Waals surface area contributed by atoms with Crippen molar-refractivity contribution in [3.8, 4) is 16.9 Å². The Balaban J connectivity index is 1.61. The summed E-state index contributed by atoms with van der Waals surface area (Å²) in [5.74, 6) is -4.07. The monoisotopic (exact) mass is 846 g/mol. The topological polar surface area (TPSA) is 242 Å². The number of aliphatic hydroxyl groups excluding tert-OH is 1. The Morgan fingerprint density at radius 1 is 0.820 bits per heavy atom. The highest BCUT2D eigenvalue weighted by molar-refractivity contribution is 6.01. The summed E-state index contributed by atoms with van der Waals surface area (Å²) in [7, 11) is 0. The zero-order valence-electron chi connectivity index (χ0n) is 36.0. The highest BCUT2D eigenvalue weighted by Gasteiger charge is 2.38. The van der Waals surface area contributed by atoms with Gasteiger partial charge in [0.1, 0.15) is 36.1 Å². The normalized spacial score (nSPS) is 13.7. The molecule has 16 nitrogen and oxygen atoms in total. The lowest BCUT2D eigenvalue weighted by atomic mass is 10.00. The van der Waals surface area contributed by atoms with E-state index in [0.29, 0.717) is 23.7 Å². The van der Waals surface area contributed by atoms with Crippen molar-refractivity contribution in [1.29, 1.82) is 0 Å². The van der Waals surface area contributed by atoms with Crippen LogP contribution in [0.1, 0.15) is 78.4 Å². The molecule has 16 heteroatoms. The number of nitrogens with one attached hydrogen (secondary N) is 3. The van der Waals surface area contributed by atoms with Gasteiger partial charge in [0.05, 0.1) is 19.3 Å². The van der Waals surface area contributed by atoms with Gasteiger partial charge in [-0.05, 0) is 75.4 Å². The van der Waals surface area contributed by atoms with E-state index < -0.39 is 77.9 Å². The maximum Gasteiger partial charge on any atom is 0.417 e. The number of aliphatic hydroxyl groups is 1. The number of rotatable bonds is 22. The van der Waals surface area contributed by atoms with E-state index in [-0.39, 0.29) is 26.2 Å². The molecular weight excluding hydrogens is 785 g/mol. The summed E-state index contributed by atoms with van der Waals surface area (Å²) in [5.41, 5.74) is 14.9. The molecule has 0 radical (unpaired) electrons. The van der Waals surface area contributed by atoms with Gasteiger partial charge < -0.3 is 41.4 Å². The van der Waals surface area contributed by atoms with Gasteiger partial charge in [0.15, 0.2) is 0 Å². The summed E-state index contributed by atoms with van der Waals surface area (Å²) >= 11 is 0. The van der Waals surface area contributed by atoms with Crippen molar-refractivity contribution < 1.29 is 48.1 Å². The van der Waals surface area contributed by atoms with Gasteiger partial charge in [-0.3, -0.25) is 29.3 Å². The Hall–Kier alpha value is -5.68. The molecule has 61 heavy (non-hydrogen) atoms. The van der Waals surface area contributed by atoms with Crippen LogP contribution in [-0.4, -0.2) is 95.2 Å². The molecule has 3 aromatic carbocycles. The van der Waals surface area contributed by atoms with Crippen molar-refractivity contribution in [3.63, 3.8) is 0 Å². The highest BCUT2D eigenvalue weighted by Crippen LogP contribution is 2.27. The second-order valence-electron chi connectivity index (χ2n) is 15.8. The first kappa shape index (κ1) is 49.7. The predicted octanol–water partition coefficient (Wildman–Crippen LogP) is 3.71. The second kappa shape index (κ2) is 24.5. The minimum atomic E-state index is -1.49. The van der Waals surface area contributed by atoms with Crippen molar-refractivity contribution in [1.82, 2.24) is 20.9 Å². The van der Waals surface area contributed by atoms with Crippen LogP contribution in [0.3, 0.4) is 0 Å². The number of benzene rings is 3. The van der Waals surface area contributed by atoms with Crippen molar-refractivity contribution >= 4 is 35.6 Å². The van der Waals surface area contributed by atoms with Gasteiger partial charge in [-0.1, -0.05) is 86.5 Å². The van der Waals surface area contributed by atoms with Crippen LogP contribution in [0.25, 0.3) is 11.1 Å². The van der Waals surface area contributed by atoms with Crippen LogP contribution in [0.2, 0.25) is 0 Å². The Morgan fingerprint density at radius 3 is 2.11 bits per heavy atom. The zero-order chi connectivity index (χ0) is 45.1. The molecule has 0 bridgehead atoms. The van der Waals surface area contributed by atoms with Crippen molar-refractivity contribution in [2.75, 3.05) is 19.8 Å². The Bertz CT molecular complexity index is 1900. The van der Waals surface area contributed by atoms with Gasteiger partial charge in [-0.15, -0.1) is 0 Å². The molecule has 6 amide bonds. The van der Waals surface area contributed by atoms with Crippen LogP contribution in [0.5, 0.6) is 5.75 Å². The van der Waals surface area contributed by atoms with E-state index in [9.17, 15) is 33.9 Å². The SMILES string of the molecule is CCCCCC(=O)NC(=O)C(N)C(CO)CNC(=O)[C@H](C)NC(=O)[C@H](C)N(C(=O)OC(C)(C)C)C(=O)[C@@H](N)COCc1ccccc1-c1ccc(OCc2ccccc2)cc1. The van der Waals surface area contributed by atoms with Crippen LogP contribution in [0, 0.1) is 5.92 Å². The number of hydrogen-bond acceptors (Lipinski definition) is 12. The number of unbranched alkanes of at least 4 members (excludes halogenated alkanes) is 2. The molecule has 0 heterocycles. The Kier molecular flexibility index (Phi) is 20.0. The molecule has 0 aliphatic carbocycles. The second-order valence-corrected chi connectivity index (χ2v) is 15.8. The van der Waals surface area contributed by atoms with Gasteiger partial charge in [-0.2, -0.15) is 0 Å². The number of nitrogens with zero attached hydrogens (tertiary/aromatic N) is 1. The first-order valence-corrected chi connectivity index (χ1v) is 20.5. The Morgan fingerprint density at radius 2 is 1.48 bits per heavy atom. The molecular formula is C45H62N6O10. The van der Waals surface area contributed by atoms with Gasteiger partial charge in [0.25, 0.3) is 5.91 Å². The number of ether oxygens (including phenoxy) is 3. The van der Waals surface area contributed by atoms with E-state index in [1.54, 1.807) is 20.8 Å². The molecule has 0 aliphatic rings. The van der Waals surface area contributed by atoms with Crippen molar-refractivity contribution in [3.05, 3.63) is 90.0 Å². The van der Waals surface area contributed by atoms with Crippen molar-refractivity contribution in [2.24, 2.45) is 17.4 Å². The molecule has 5 atom stereocenters. The summed E-state index contributed by atoms with van der Waals surface area (Å²) in [4.78, 5) is 78.8. The zero-order valence-corrected chi connectivity index (χ0v) is 36.0. The minimum absolute atomic E-state index is 0.0718. The molecule has 0 fully saturated rings. The standard InChI is InChI=1S/C45H62N6O10/c1-7-8-10-19-38(53)50-42(56)39(47)34(25-52)24-48-40(54)29(2)49-41(55)30(3)51(44(58)61-45(4,5)6)43(57)37(46)28-59-27-33-17-13-14-18-36(33)32-20-22-35(23-21-32)60-26-31-15-11-9-12-16-31/h9,11-18,20-23,29-30,34,37,39,52H,7-8,10,19,24-28,46-47H2,1-6H3,(H,48,54)(H,49,55)(H,50,53,56)/t29-,30-,34?,37-,39?/m0/s1. The van der Waals surface area contributed by atoms with Crippen molar-refractivity contribution in [2.45, 2.75) is 110 Å². The lowest BCUT2D eigenvalue weighted by Crippen LogP contribution is -2.59. The molecule has 8 N–H and O–H groups in total. The van der Waals surface area contributed by atoms with E-state index >= 15 is 0 Å². The number of hydrogen-bond donors (Lipinski definition) is 6. The average molecular weight is 847 g/mol. The van der Waals surface area contributed by atoms with Gasteiger partial charge in [0, 0.05) is 25.5 Å². The third kappa shape index (κ3) is 16.4. The fourth-order valence-electron chi connectivity index (χ4n) is 5.93. The number of carbonyl (C=O) groups is 6. The van der Waals surface area contributed by atoms with Gasteiger partial charge >= 0.3 is 6.09 Å². The van der Waals surface area contributed by atoms with Crippen LogP contribution >= 0.6 is 0 Å². The number of nitrogens with two attached hydrogens (primary N) is 2. The minimum Gasteiger partial charge on any atom is -0.489 e. The molecule has 3 rings (SSSR count). The number of carbonyl (C=O) groups excluding carboxylic acids is 6. The third-order valence-electron chi connectivity index (χ3n) is 9.50. The Labute approximate surface area is 358 Å². The van der Waals surface area contributed by atoms with E-state index in [1.165, 1.54) is 13.8 Å². The molecule has 0 saturated heterocycles. The van der Waals surface area contributed by atoms with Crippen LogP contribution < -0.4 is 32.2 Å². The molecule has 0 aliphatic heterocycles. The quantitative estimate of drug-likeness (QED) is 0.0794. The van der Waals surface area contributed by atoms with Gasteiger partial charge in [0.2, 0.25) is 23.6 Å². The van der Waals surface area contributed by atoms with Gasteiger partial charge in [-0.25, -0.2) is 9.69 Å². The molecule has 3 aromatic rings. The molecule has 0 aromatic heterocycles. The average Bonchev–Trinajstić information content (AvgIpc) is 3.23. The molecule has 0 spiro atoms. The van der Waals surface area contributed by atoms with E-state index in [2.05, 4.69) is 16.0 Å². The van der Waals surface area contributed by atoms with Crippen LogP contribution in [-0.2, 0) is 46.7 Å². The van der Waals surface area contributed by atoms with Crippen LogP contribution in [0.4, 0.5) is 4.79 Å². The lowest BCUT2D eigenvalue weighted by Gasteiger charge is -2.31. The maximum atomic E-state index is 13.8. The first-order chi connectivity index (χ1) is 28.9. The first-order valence-electron chi connectivity index (χ1n) is 20.5. The summed E-state index contributed by atoms with van der Waals surface area (Å²) < 4.78 is 17.3. The third-order valence-corrected chi connectivity index (χ3v) is 9.50. The number of amides is 6. The fraction of sp³-hybridized carbons (Fsp3) is 0.467. The summed E-state index contributed by atoms with van der Waals surface area (Å²) in [6.45, 7) is 8.76. The summed E-state index contributed by atoms with van der Waals surface area (Å²) in [6.07, 6.45) is 1.35. The molecule has 0 saturated carbocycles. The molecule has 2 unspecified atom stereocenters. The smallest absolute Gasteiger partial charge is 0.417 e. The van der Waals surface area contributed by atoms with E-state index in [4.69, 9.17) is 25.7 Å². The lowest BCUT2D eigenvalue weighted by molar-refractivity contribution is -0.141.